The van der Waals surface area contributed by atoms with Crippen LogP contribution in [0.15, 0.2) is 92.0 Å². The molecular formula is C27H22N2O3S. The fraction of sp³-hybridized carbons (Fsp3) is 0.148. The van der Waals surface area contributed by atoms with E-state index in [0.29, 0.717) is 33.9 Å². The fourth-order valence-electron chi connectivity index (χ4n) is 3.87. The van der Waals surface area contributed by atoms with Gasteiger partial charge >= 0.3 is 5.63 Å². The molecule has 0 N–H and O–H groups in total. The molecule has 0 radical (unpaired) electrons. The molecule has 5 nitrogen and oxygen atoms in total. The molecule has 5 aromatic rings. The number of thioether (sulfide) groups is 1. The molecule has 0 saturated carbocycles. The van der Waals surface area contributed by atoms with Crippen molar-refractivity contribution in [3.8, 4) is 0 Å². The molecule has 3 aromatic carbocycles. The Morgan fingerprint density at radius 1 is 0.879 bits per heavy atom. The molecule has 0 aliphatic rings. The zero-order valence-corrected chi connectivity index (χ0v) is 19.2. The summed E-state index contributed by atoms with van der Waals surface area (Å²) in [6.45, 7) is 4.43. The standard InChI is InChI=1S/C27H22N2O3S/c1-17-7-10-19(11-8-17)15-29-26(31)22-5-3-4-6-23(22)28-27(29)33-16-20-14-25(30)32-24-13-18(2)9-12-21(20)24/h3-14H,15-16H2,1-2H3. The highest BCUT2D eigenvalue weighted by molar-refractivity contribution is 7.98. The minimum absolute atomic E-state index is 0.0725. The quantitative estimate of drug-likeness (QED) is 0.200. The predicted octanol–water partition coefficient (Wildman–Crippen LogP) is 5.46. The first kappa shape index (κ1) is 21.2. The van der Waals surface area contributed by atoms with Crippen LogP contribution in [0.4, 0.5) is 0 Å². The van der Waals surface area contributed by atoms with Gasteiger partial charge < -0.3 is 4.42 Å². The highest BCUT2D eigenvalue weighted by atomic mass is 32.2. The summed E-state index contributed by atoms with van der Waals surface area (Å²) in [5.41, 5.74) is 4.86. The van der Waals surface area contributed by atoms with Gasteiger partial charge in [0.15, 0.2) is 5.16 Å². The first-order valence-corrected chi connectivity index (χ1v) is 11.7. The number of aromatic nitrogens is 2. The zero-order chi connectivity index (χ0) is 22.9. The third kappa shape index (κ3) is 4.34. The van der Waals surface area contributed by atoms with Gasteiger partial charge in [-0.3, -0.25) is 9.36 Å². The van der Waals surface area contributed by atoms with E-state index in [1.807, 2.05) is 80.6 Å². The summed E-state index contributed by atoms with van der Waals surface area (Å²) >= 11 is 1.45. The Morgan fingerprint density at radius 3 is 2.45 bits per heavy atom. The SMILES string of the molecule is Cc1ccc(Cn2c(SCc3cc(=O)oc4cc(C)ccc34)nc3ccccc3c2=O)cc1. The number of fused-ring (bicyclic) bond motifs is 2. The van der Waals surface area contributed by atoms with Gasteiger partial charge in [0.25, 0.3) is 5.56 Å². The van der Waals surface area contributed by atoms with Crippen LogP contribution in [-0.2, 0) is 12.3 Å². The third-order valence-electron chi connectivity index (χ3n) is 5.63. The summed E-state index contributed by atoms with van der Waals surface area (Å²) in [5, 5.41) is 2.10. The van der Waals surface area contributed by atoms with Crippen molar-refractivity contribution >= 4 is 33.6 Å². The first-order chi connectivity index (χ1) is 16.0. The molecule has 6 heteroatoms. The summed E-state index contributed by atoms with van der Waals surface area (Å²) in [5.74, 6) is 0.490. The zero-order valence-electron chi connectivity index (χ0n) is 18.4. The van der Waals surface area contributed by atoms with Gasteiger partial charge in [0.1, 0.15) is 5.58 Å². The third-order valence-corrected chi connectivity index (χ3v) is 6.66. The van der Waals surface area contributed by atoms with E-state index >= 15 is 0 Å². The molecule has 0 bridgehead atoms. The molecule has 0 unspecified atom stereocenters. The Morgan fingerprint density at radius 2 is 1.64 bits per heavy atom. The lowest BCUT2D eigenvalue weighted by Crippen LogP contribution is -2.24. The topological polar surface area (TPSA) is 65.1 Å². The monoisotopic (exact) mass is 454 g/mol. The molecule has 0 fully saturated rings. The molecule has 0 spiro atoms. The van der Waals surface area contributed by atoms with E-state index in [9.17, 15) is 9.59 Å². The smallest absolute Gasteiger partial charge is 0.336 e. The van der Waals surface area contributed by atoms with E-state index in [1.54, 1.807) is 4.57 Å². The van der Waals surface area contributed by atoms with Crippen LogP contribution in [0.1, 0.15) is 22.3 Å². The van der Waals surface area contributed by atoms with Gasteiger partial charge in [0.2, 0.25) is 0 Å². The van der Waals surface area contributed by atoms with E-state index in [0.717, 1.165) is 22.1 Å². The van der Waals surface area contributed by atoms with Crippen molar-refractivity contribution in [3.05, 3.63) is 116 Å². The highest BCUT2D eigenvalue weighted by Gasteiger charge is 2.14. The van der Waals surface area contributed by atoms with Crippen LogP contribution < -0.4 is 11.2 Å². The van der Waals surface area contributed by atoms with Crippen LogP contribution in [0, 0.1) is 13.8 Å². The van der Waals surface area contributed by atoms with E-state index in [2.05, 4.69) is 0 Å². The minimum atomic E-state index is -0.382. The van der Waals surface area contributed by atoms with Crippen molar-refractivity contribution < 1.29 is 4.42 Å². The second kappa shape index (κ2) is 8.71. The van der Waals surface area contributed by atoms with Gasteiger partial charge in [0, 0.05) is 17.2 Å². The molecule has 5 rings (SSSR count). The lowest BCUT2D eigenvalue weighted by atomic mass is 10.1. The number of rotatable bonds is 5. The van der Waals surface area contributed by atoms with Crippen LogP contribution in [-0.4, -0.2) is 9.55 Å². The van der Waals surface area contributed by atoms with Gasteiger partial charge in [-0.2, -0.15) is 0 Å². The lowest BCUT2D eigenvalue weighted by molar-refractivity contribution is 0.559. The summed E-state index contributed by atoms with van der Waals surface area (Å²) in [6.07, 6.45) is 0. The number of hydrogen-bond acceptors (Lipinski definition) is 5. The molecule has 0 amide bonds. The molecule has 0 atom stereocenters. The summed E-state index contributed by atoms with van der Waals surface area (Å²) < 4.78 is 7.11. The number of hydrogen-bond donors (Lipinski definition) is 0. The molecule has 0 aliphatic heterocycles. The Hall–Kier alpha value is -3.64. The van der Waals surface area contributed by atoms with Crippen LogP contribution in [0.5, 0.6) is 0 Å². The van der Waals surface area contributed by atoms with Crippen LogP contribution in [0.25, 0.3) is 21.9 Å². The van der Waals surface area contributed by atoms with Crippen molar-refractivity contribution in [1.29, 1.82) is 0 Å². The van der Waals surface area contributed by atoms with Crippen molar-refractivity contribution in [2.24, 2.45) is 0 Å². The number of para-hydroxylation sites is 1. The minimum Gasteiger partial charge on any atom is -0.423 e. The van der Waals surface area contributed by atoms with E-state index in [1.165, 1.54) is 23.4 Å². The molecular weight excluding hydrogens is 432 g/mol. The highest BCUT2D eigenvalue weighted by Crippen LogP contribution is 2.27. The Labute approximate surface area is 194 Å². The molecule has 0 saturated heterocycles. The first-order valence-electron chi connectivity index (χ1n) is 10.7. The van der Waals surface area contributed by atoms with E-state index < -0.39 is 0 Å². The molecule has 0 aliphatic carbocycles. The largest absolute Gasteiger partial charge is 0.423 e. The number of nitrogens with zero attached hydrogens (tertiary/aromatic N) is 2. The van der Waals surface area contributed by atoms with Gasteiger partial charge in [-0.15, -0.1) is 0 Å². The van der Waals surface area contributed by atoms with Crippen LogP contribution in [0.2, 0.25) is 0 Å². The molecule has 2 aromatic heterocycles. The Kier molecular flexibility index (Phi) is 5.60. The Balaban J connectivity index is 1.58. The molecule has 2 heterocycles. The molecule has 164 valence electrons. The van der Waals surface area contributed by atoms with Crippen molar-refractivity contribution in [1.82, 2.24) is 9.55 Å². The van der Waals surface area contributed by atoms with Gasteiger partial charge in [-0.05, 0) is 48.7 Å². The van der Waals surface area contributed by atoms with E-state index in [-0.39, 0.29) is 11.2 Å². The second-order valence-electron chi connectivity index (χ2n) is 8.17. The van der Waals surface area contributed by atoms with Crippen molar-refractivity contribution in [3.63, 3.8) is 0 Å². The van der Waals surface area contributed by atoms with Crippen LogP contribution >= 0.6 is 11.8 Å². The summed E-state index contributed by atoms with van der Waals surface area (Å²) in [4.78, 5) is 30.3. The van der Waals surface area contributed by atoms with E-state index in [4.69, 9.17) is 9.40 Å². The predicted molar refractivity (Wildman–Crippen MR) is 133 cm³/mol. The van der Waals surface area contributed by atoms with Gasteiger partial charge in [-0.1, -0.05) is 65.9 Å². The van der Waals surface area contributed by atoms with Gasteiger partial charge in [-0.25, -0.2) is 9.78 Å². The maximum Gasteiger partial charge on any atom is 0.336 e. The fourth-order valence-corrected chi connectivity index (χ4v) is 4.86. The lowest BCUT2D eigenvalue weighted by Gasteiger charge is -2.14. The maximum absolute atomic E-state index is 13.4. The number of aryl methyl sites for hydroxylation is 2. The average molecular weight is 455 g/mol. The average Bonchev–Trinajstić information content (AvgIpc) is 2.80. The molecule has 33 heavy (non-hydrogen) atoms. The Bertz CT molecular complexity index is 1600. The summed E-state index contributed by atoms with van der Waals surface area (Å²) in [6, 6.07) is 22.9. The number of benzene rings is 3. The van der Waals surface area contributed by atoms with Crippen molar-refractivity contribution in [2.75, 3.05) is 0 Å². The summed E-state index contributed by atoms with van der Waals surface area (Å²) in [7, 11) is 0. The normalized spacial score (nSPS) is 11.3. The van der Waals surface area contributed by atoms with Crippen molar-refractivity contribution in [2.45, 2.75) is 31.3 Å². The second-order valence-corrected chi connectivity index (χ2v) is 9.11. The van der Waals surface area contributed by atoms with Gasteiger partial charge in [0.05, 0.1) is 17.4 Å². The maximum atomic E-state index is 13.4. The van der Waals surface area contributed by atoms with Crippen LogP contribution in [0.3, 0.4) is 0 Å².